The number of methoxy groups -OCH3 is 1. The minimum atomic E-state index is 0.0313. The third kappa shape index (κ3) is 3.06. The molecule has 0 unspecified atom stereocenters. The molecule has 3 heterocycles. The van der Waals surface area contributed by atoms with Crippen molar-refractivity contribution in [3.05, 3.63) is 24.2 Å². The van der Waals surface area contributed by atoms with Gasteiger partial charge in [-0.25, -0.2) is 0 Å². The molecule has 1 aromatic heterocycles. The van der Waals surface area contributed by atoms with Crippen LogP contribution in [0.15, 0.2) is 22.8 Å². The summed E-state index contributed by atoms with van der Waals surface area (Å²) >= 11 is 0. The monoisotopic (exact) mass is 306 g/mol. The maximum absolute atomic E-state index is 12.4. The van der Waals surface area contributed by atoms with E-state index in [1.54, 1.807) is 25.5 Å². The third-order valence-corrected chi connectivity index (χ3v) is 5.23. The van der Waals surface area contributed by atoms with Gasteiger partial charge in [0.1, 0.15) is 0 Å². The van der Waals surface area contributed by atoms with Crippen LogP contribution in [0.3, 0.4) is 0 Å². The van der Waals surface area contributed by atoms with E-state index in [-0.39, 0.29) is 5.91 Å². The van der Waals surface area contributed by atoms with Crippen molar-refractivity contribution in [3.8, 4) is 0 Å². The molecule has 122 valence electrons. The van der Waals surface area contributed by atoms with Crippen LogP contribution in [0, 0.1) is 0 Å². The van der Waals surface area contributed by atoms with E-state index < -0.39 is 0 Å². The minimum Gasteiger partial charge on any atom is -0.459 e. The molecule has 0 aliphatic carbocycles. The van der Waals surface area contributed by atoms with Crippen molar-refractivity contribution in [2.75, 3.05) is 39.9 Å². The van der Waals surface area contributed by atoms with Crippen LogP contribution in [-0.4, -0.2) is 61.1 Å². The number of likely N-dealkylation sites (tertiary alicyclic amines) is 2. The van der Waals surface area contributed by atoms with Gasteiger partial charge in [0.15, 0.2) is 5.76 Å². The highest BCUT2D eigenvalue weighted by Gasteiger charge is 2.43. The molecule has 0 aromatic carbocycles. The van der Waals surface area contributed by atoms with Crippen molar-refractivity contribution in [1.82, 2.24) is 9.80 Å². The van der Waals surface area contributed by atoms with Crippen LogP contribution in [0.25, 0.3) is 0 Å². The van der Waals surface area contributed by atoms with E-state index in [4.69, 9.17) is 9.15 Å². The second-order valence-electron chi connectivity index (χ2n) is 6.43. The first kappa shape index (κ1) is 15.6. The Balaban J connectivity index is 1.57. The largest absolute Gasteiger partial charge is 0.459 e. The average molecular weight is 306 g/mol. The van der Waals surface area contributed by atoms with Crippen LogP contribution in [0.4, 0.5) is 0 Å². The molecule has 0 saturated carbocycles. The van der Waals surface area contributed by atoms with Crippen LogP contribution in [0.2, 0.25) is 0 Å². The van der Waals surface area contributed by atoms with Gasteiger partial charge in [0.2, 0.25) is 0 Å². The van der Waals surface area contributed by atoms with Crippen molar-refractivity contribution in [2.45, 2.75) is 37.6 Å². The lowest BCUT2D eigenvalue weighted by molar-refractivity contribution is 0.0364. The SMILES string of the molecule is COCCCN1CCCC12CCN(C(=O)c1ccco1)CC2. The fraction of sp³-hybridized carbons (Fsp3) is 0.706. The van der Waals surface area contributed by atoms with Gasteiger partial charge in [-0.05, 0) is 50.8 Å². The lowest BCUT2D eigenvalue weighted by atomic mass is 9.84. The van der Waals surface area contributed by atoms with E-state index in [1.807, 2.05) is 4.90 Å². The fourth-order valence-electron chi connectivity index (χ4n) is 3.99. The van der Waals surface area contributed by atoms with Crippen LogP contribution in [0.1, 0.15) is 42.7 Å². The van der Waals surface area contributed by atoms with Crippen molar-refractivity contribution in [2.24, 2.45) is 0 Å². The Morgan fingerprint density at radius 3 is 2.82 bits per heavy atom. The van der Waals surface area contributed by atoms with Crippen molar-refractivity contribution < 1.29 is 13.9 Å². The molecule has 5 heteroatoms. The zero-order chi connectivity index (χ0) is 15.4. The quantitative estimate of drug-likeness (QED) is 0.784. The first-order chi connectivity index (χ1) is 10.7. The van der Waals surface area contributed by atoms with Crippen molar-refractivity contribution in [1.29, 1.82) is 0 Å². The molecule has 0 atom stereocenters. The van der Waals surface area contributed by atoms with Crippen LogP contribution in [-0.2, 0) is 4.74 Å². The highest BCUT2D eigenvalue weighted by molar-refractivity contribution is 5.91. The molecule has 1 amide bonds. The van der Waals surface area contributed by atoms with Crippen LogP contribution >= 0.6 is 0 Å². The summed E-state index contributed by atoms with van der Waals surface area (Å²) in [5.74, 6) is 0.489. The van der Waals surface area contributed by atoms with Gasteiger partial charge in [0, 0.05) is 38.9 Å². The fourth-order valence-corrected chi connectivity index (χ4v) is 3.99. The van der Waals surface area contributed by atoms with Crippen LogP contribution in [0.5, 0.6) is 0 Å². The van der Waals surface area contributed by atoms with Crippen molar-refractivity contribution >= 4 is 5.91 Å². The summed E-state index contributed by atoms with van der Waals surface area (Å²) in [7, 11) is 1.76. The first-order valence-electron chi connectivity index (χ1n) is 8.32. The van der Waals surface area contributed by atoms with Crippen LogP contribution < -0.4 is 0 Å². The number of carbonyl (C=O) groups is 1. The molecule has 3 rings (SSSR count). The standard InChI is InChI=1S/C17H26N2O3/c1-21-13-4-10-19-9-3-6-17(19)7-11-18(12-8-17)16(20)15-5-2-14-22-15/h2,5,14H,3-4,6-13H2,1H3. The normalized spacial score (nSPS) is 21.6. The third-order valence-electron chi connectivity index (χ3n) is 5.23. The van der Waals surface area contributed by atoms with E-state index in [9.17, 15) is 4.79 Å². The predicted octanol–water partition coefficient (Wildman–Crippen LogP) is 2.39. The van der Waals surface area contributed by atoms with Crippen molar-refractivity contribution in [3.63, 3.8) is 0 Å². The Morgan fingerprint density at radius 2 is 2.14 bits per heavy atom. The predicted molar refractivity (Wildman–Crippen MR) is 83.9 cm³/mol. The van der Waals surface area contributed by atoms with E-state index in [1.165, 1.54) is 19.4 Å². The van der Waals surface area contributed by atoms with E-state index in [2.05, 4.69) is 4.90 Å². The number of piperidine rings is 1. The Kier molecular flexibility index (Phi) is 4.84. The second-order valence-corrected chi connectivity index (χ2v) is 6.43. The second kappa shape index (κ2) is 6.84. The summed E-state index contributed by atoms with van der Waals surface area (Å²) < 4.78 is 10.4. The van der Waals surface area contributed by atoms with Gasteiger partial charge in [0.25, 0.3) is 5.91 Å². The number of amides is 1. The Bertz CT molecular complexity index is 478. The summed E-state index contributed by atoms with van der Waals surface area (Å²) in [4.78, 5) is 16.9. The smallest absolute Gasteiger partial charge is 0.289 e. The molecular formula is C17H26N2O3. The number of hydrogen-bond acceptors (Lipinski definition) is 4. The molecule has 0 N–H and O–H groups in total. The summed E-state index contributed by atoms with van der Waals surface area (Å²) in [5.41, 5.74) is 0.313. The molecule has 2 aliphatic rings. The lowest BCUT2D eigenvalue weighted by Gasteiger charge is -2.45. The van der Waals surface area contributed by atoms with Gasteiger partial charge in [-0.2, -0.15) is 0 Å². The van der Waals surface area contributed by atoms with E-state index in [0.717, 1.165) is 45.5 Å². The zero-order valence-corrected chi connectivity index (χ0v) is 13.4. The maximum Gasteiger partial charge on any atom is 0.289 e. The van der Waals surface area contributed by atoms with Gasteiger partial charge in [-0.15, -0.1) is 0 Å². The first-order valence-corrected chi connectivity index (χ1v) is 8.32. The summed E-state index contributed by atoms with van der Waals surface area (Å²) in [6, 6.07) is 3.52. The number of carbonyl (C=O) groups excluding carboxylic acids is 1. The van der Waals surface area contributed by atoms with Gasteiger partial charge in [-0.1, -0.05) is 0 Å². The minimum absolute atomic E-state index is 0.0313. The van der Waals surface area contributed by atoms with Gasteiger partial charge < -0.3 is 14.1 Å². The van der Waals surface area contributed by atoms with Gasteiger partial charge in [-0.3, -0.25) is 9.69 Å². The molecule has 0 radical (unpaired) electrons. The highest BCUT2D eigenvalue weighted by atomic mass is 16.5. The molecule has 1 spiro atoms. The Labute approximate surface area is 132 Å². The topological polar surface area (TPSA) is 45.9 Å². The lowest BCUT2D eigenvalue weighted by Crippen LogP contribution is -2.53. The van der Waals surface area contributed by atoms with E-state index >= 15 is 0 Å². The molecule has 0 bridgehead atoms. The summed E-state index contributed by atoms with van der Waals surface area (Å²) in [6.07, 6.45) is 7.35. The highest BCUT2D eigenvalue weighted by Crippen LogP contribution is 2.38. The molecule has 2 fully saturated rings. The average Bonchev–Trinajstić information content (AvgIpc) is 3.19. The van der Waals surface area contributed by atoms with E-state index in [0.29, 0.717) is 11.3 Å². The molecular weight excluding hydrogens is 280 g/mol. The number of furan rings is 1. The maximum atomic E-state index is 12.4. The molecule has 5 nitrogen and oxygen atoms in total. The summed E-state index contributed by atoms with van der Waals surface area (Å²) in [5, 5.41) is 0. The van der Waals surface area contributed by atoms with Gasteiger partial charge >= 0.3 is 0 Å². The molecule has 2 aliphatic heterocycles. The number of rotatable bonds is 5. The Hall–Kier alpha value is -1.33. The molecule has 1 aromatic rings. The molecule has 22 heavy (non-hydrogen) atoms. The number of nitrogens with zero attached hydrogens (tertiary/aromatic N) is 2. The number of ether oxygens (including phenoxy) is 1. The molecule has 2 saturated heterocycles. The summed E-state index contributed by atoms with van der Waals surface area (Å²) in [6.45, 7) is 4.80. The number of hydrogen-bond donors (Lipinski definition) is 0. The zero-order valence-electron chi connectivity index (χ0n) is 13.4. The van der Waals surface area contributed by atoms with Gasteiger partial charge in [0.05, 0.1) is 6.26 Å². The Morgan fingerprint density at radius 1 is 1.32 bits per heavy atom.